The van der Waals surface area contributed by atoms with E-state index in [1.54, 1.807) is 6.07 Å². The summed E-state index contributed by atoms with van der Waals surface area (Å²) < 4.78 is 0. The zero-order valence-corrected chi connectivity index (χ0v) is 11.4. The predicted octanol–water partition coefficient (Wildman–Crippen LogP) is 2.70. The quantitative estimate of drug-likeness (QED) is 0.617. The van der Waals surface area contributed by atoms with Gasteiger partial charge in [0, 0.05) is 30.4 Å². The van der Waals surface area contributed by atoms with E-state index in [2.05, 4.69) is 9.97 Å². The monoisotopic (exact) mass is 273 g/mol. The molecule has 6 nitrogen and oxygen atoms in total. The summed E-state index contributed by atoms with van der Waals surface area (Å²) in [4.78, 5) is 30.4. The van der Waals surface area contributed by atoms with E-state index < -0.39 is 4.92 Å². The van der Waals surface area contributed by atoms with Gasteiger partial charge in [0.2, 0.25) is 0 Å². The van der Waals surface area contributed by atoms with Crippen LogP contribution in [0.1, 0.15) is 26.0 Å². The number of aromatic nitrogens is 2. The molecule has 0 N–H and O–H groups in total. The molecule has 0 radical (unpaired) electrons. The van der Waals surface area contributed by atoms with Crippen LogP contribution in [-0.4, -0.2) is 20.7 Å². The molecular weight excluding hydrogens is 258 g/mol. The lowest BCUT2D eigenvalue weighted by Gasteiger charge is -2.06. The number of fused-ring (bicyclic) bond motifs is 1. The molecule has 0 unspecified atom stereocenters. The maximum Gasteiger partial charge on any atom is 0.270 e. The van der Waals surface area contributed by atoms with Crippen molar-refractivity contribution in [3.8, 4) is 0 Å². The maximum atomic E-state index is 11.9. The Labute approximate surface area is 116 Å². The Morgan fingerprint density at radius 3 is 2.75 bits per heavy atom. The Balaban J connectivity index is 2.39. The van der Waals surface area contributed by atoms with E-state index in [1.165, 1.54) is 18.5 Å². The van der Waals surface area contributed by atoms with Gasteiger partial charge in [-0.25, -0.2) is 9.97 Å². The number of carbonyl (C=O) groups is 1. The zero-order chi connectivity index (χ0) is 14.7. The molecule has 0 saturated carbocycles. The minimum Gasteiger partial charge on any atom is -0.299 e. The van der Waals surface area contributed by atoms with Crippen LogP contribution in [0.2, 0.25) is 0 Å². The number of nitro benzene ring substituents is 1. The third-order valence-corrected chi connectivity index (χ3v) is 2.91. The molecule has 0 spiro atoms. The van der Waals surface area contributed by atoms with Crippen molar-refractivity contribution < 1.29 is 9.72 Å². The van der Waals surface area contributed by atoms with E-state index in [9.17, 15) is 14.9 Å². The van der Waals surface area contributed by atoms with Gasteiger partial charge in [0.15, 0.2) is 0 Å². The first-order chi connectivity index (χ1) is 9.47. The molecule has 1 aromatic heterocycles. The Kier molecular flexibility index (Phi) is 4.02. The average Bonchev–Trinajstić information content (AvgIpc) is 2.37. The van der Waals surface area contributed by atoms with E-state index in [4.69, 9.17) is 0 Å². The average molecular weight is 273 g/mol. The summed E-state index contributed by atoms with van der Waals surface area (Å²) in [7, 11) is 0. The number of hydrogen-bond donors (Lipinski definition) is 0. The van der Waals surface area contributed by atoms with E-state index >= 15 is 0 Å². The molecule has 0 aliphatic heterocycles. The van der Waals surface area contributed by atoms with Gasteiger partial charge in [0.25, 0.3) is 5.69 Å². The molecule has 0 fully saturated rings. The van der Waals surface area contributed by atoms with Crippen molar-refractivity contribution in [1.29, 1.82) is 0 Å². The SMILES string of the molecule is CC(C)CC(=O)Cc1ncnc2ccc([N+](=O)[O-])cc12. The number of nitro groups is 1. The lowest BCUT2D eigenvalue weighted by atomic mass is 10.0. The van der Waals surface area contributed by atoms with Crippen LogP contribution in [0.25, 0.3) is 10.9 Å². The van der Waals surface area contributed by atoms with Crippen LogP contribution in [0.5, 0.6) is 0 Å². The molecule has 104 valence electrons. The highest BCUT2D eigenvalue weighted by Gasteiger charge is 2.13. The second kappa shape index (κ2) is 5.73. The molecule has 0 amide bonds. The van der Waals surface area contributed by atoms with Crippen LogP contribution in [0.4, 0.5) is 5.69 Å². The molecule has 6 heteroatoms. The maximum absolute atomic E-state index is 11.9. The molecule has 2 rings (SSSR count). The fourth-order valence-corrected chi connectivity index (χ4v) is 2.07. The lowest BCUT2D eigenvalue weighted by molar-refractivity contribution is -0.384. The van der Waals surface area contributed by atoms with Crippen molar-refractivity contribution in [2.45, 2.75) is 26.7 Å². The number of nitrogens with zero attached hydrogens (tertiary/aromatic N) is 3. The molecule has 0 bridgehead atoms. The summed E-state index contributed by atoms with van der Waals surface area (Å²) in [5, 5.41) is 11.4. The smallest absolute Gasteiger partial charge is 0.270 e. The van der Waals surface area contributed by atoms with Crippen molar-refractivity contribution in [3.63, 3.8) is 0 Å². The molecule has 1 aromatic carbocycles. The largest absolute Gasteiger partial charge is 0.299 e. The first-order valence-electron chi connectivity index (χ1n) is 6.37. The third-order valence-electron chi connectivity index (χ3n) is 2.91. The number of hydrogen-bond acceptors (Lipinski definition) is 5. The van der Waals surface area contributed by atoms with Gasteiger partial charge < -0.3 is 0 Å². The van der Waals surface area contributed by atoms with E-state index in [0.717, 1.165) is 0 Å². The highest BCUT2D eigenvalue weighted by atomic mass is 16.6. The van der Waals surface area contributed by atoms with Crippen LogP contribution in [0, 0.1) is 16.0 Å². The summed E-state index contributed by atoms with van der Waals surface area (Å²) >= 11 is 0. The Hall–Kier alpha value is -2.37. The number of non-ortho nitro benzene ring substituents is 1. The Morgan fingerprint density at radius 1 is 1.35 bits per heavy atom. The highest BCUT2D eigenvalue weighted by molar-refractivity contribution is 5.88. The van der Waals surface area contributed by atoms with E-state index in [1.807, 2.05) is 13.8 Å². The van der Waals surface area contributed by atoms with Crippen LogP contribution < -0.4 is 0 Å². The van der Waals surface area contributed by atoms with Crippen molar-refractivity contribution in [1.82, 2.24) is 9.97 Å². The standard InChI is InChI=1S/C14H15N3O3/c1-9(2)5-11(18)7-14-12-6-10(17(19)20)3-4-13(12)15-8-16-14/h3-4,6,8-9H,5,7H2,1-2H3. The molecule has 0 atom stereocenters. The van der Waals surface area contributed by atoms with Gasteiger partial charge in [-0.1, -0.05) is 13.8 Å². The molecule has 1 heterocycles. The van der Waals surface area contributed by atoms with Crippen LogP contribution in [0.15, 0.2) is 24.5 Å². The fraction of sp³-hybridized carbons (Fsp3) is 0.357. The number of benzene rings is 1. The van der Waals surface area contributed by atoms with Gasteiger partial charge in [-0.3, -0.25) is 14.9 Å². The lowest BCUT2D eigenvalue weighted by Crippen LogP contribution is -2.08. The van der Waals surface area contributed by atoms with Crippen LogP contribution >= 0.6 is 0 Å². The number of carbonyl (C=O) groups excluding carboxylic acids is 1. The molecule has 0 saturated heterocycles. The normalized spacial score (nSPS) is 10.9. The highest BCUT2D eigenvalue weighted by Crippen LogP contribution is 2.22. The summed E-state index contributed by atoms with van der Waals surface area (Å²) in [5.74, 6) is 0.358. The van der Waals surface area contributed by atoms with Crippen molar-refractivity contribution in [3.05, 3.63) is 40.3 Å². The summed E-state index contributed by atoms with van der Waals surface area (Å²) in [6.45, 7) is 3.95. The van der Waals surface area contributed by atoms with E-state index in [0.29, 0.717) is 23.0 Å². The van der Waals surface area contributed by atoms with Crippen molar-refractivity contribution in [2.24, 2.45) is 5.92 Å². The van der Waals surface area contributed by atoms with Gasteiger partial charge >= 0.3 is 0 Å². The van der Waals surface area contributed by atoms with Gasteiger partial charge in [-0.2, -0.15) is 0 Å². The fourth-order valence-electron chi connectivity index (χ4n) is 2.07. The molecule has 0 aliphatic carbocycles. The molecule has 20 heavy (non-hydrogen) atoms. The Bertz CT molecular complexity index is 668. The minimum atomic E-state index is -0.466. The third kappa shape index (κ3) is 3.14. The first kappa shape index (κ1) is 14.0. The van der Waals surface area contributed by atoms with Crippen LogP contribution in [-0.2, 0) is 11.2 Å². The summed E-state index contributed by atoms with van der Waals surface area (Å²) in [5.41, 5.74) is 1.13. The second-order valence-corrected chi connectivity index (χ2v) is 5.09. The zero-order valence-electron chi connectivity index (χ0n) is 11.4. The summed E-state index contributed by atoms with van der Waals surface area (Å²) in [6, 6.07) is 4.40. The number of rotatable bonds is 5. The van der Waals surface area contributed by atoms with Crippen molar-refractivity contribution >= 4 is 22.4 Å². The van der Waals surface area contributed by atoms with Crippen LogP contribution in [0.3, 0.4) is 0 Å². The van der Waals surface area contributed by atoms with Gasteiger partial charge in [0.05, 0.1) is 16.1 Å². The minimum absolute atomic E-state index is 0.0233. The predicted molar refractivity (Wildman–Crippen MR) is 74.4 cm³/mol. The molecule has 0 aliphatic rings. The topological polar surface area (TPSA) is 86.0 Å². The van der Waals surface area contributed by atoms with E-state index in [-0.39, 0.29) is 23.8 Å². The van der Waals surface area contributed by atoms with Gasteiger partial charge in [0.1, 0.15) is 12.1 Å². The molecule has 2 aromatic rings. The first-order valence-corrected chi connectivity index (χ1v) is 6.37. The number of ketones is 1. The number of Topliss-reactive ketones (excluding diaryl/α,β-unsaturated/α-hetero) is 1. The second-order valence-electron chi connectivity index (χ2n) is 5.09. The van der Waals surface area contributed by atoms with Gasteiger partial charge in [-0.05, 0) is 12.0 Å². The molecular formula is C14H15N3O3. The van der Waals surface area contributed by atoms with Gasteiger partial charge in [-0.15, -0.1) is 0 Å². The Morgan fingerprint density at radius 2 is 2.10 bits per heavy atom. The summed E-state index contributed by atoms with van der Waals surface area (Å²) in [6.07, 6.45) is 2.03. The van der Waals surface area contributed by atoms with Crippen molar-refractivity contribution in [2.75, 3.05) is 0 Å².